The number of carbonyl (C=O) groups excluding carboxylic acids is 1. The maximum Gasteiger partial charge on any atom is 0.236 e. The monoisotopic (exact) mass is 309 g/mol. The molecule has 3 aromatic heterocycles. The molecule has 1 amide bonds. The summed E-state index contributed by atoms with van der Waals surface area (Å²) in [6.45, 7) is 1.28. The second-order valence-electron chi connectivity index (χ2n) is 5.74. The molecule has 4 rings (SSSR count). The zero-order valence-corrected chi connectivity index (χ0v) is 12.4. The lowest BCUT2D eigenvalue weighted by Crippen LogP contribution is -2.39. The molecule has 8 heteroatoms. The van der Waals surface area contributed by atoms with Crippen LogP contribution in [0.4, 0.5) is 0 Å². The summed E-state index contributed by atoms with van der Waals surface area (Å²) in [7, 11) is 0. The predicted molar refractivity (Wildman–Crippen MR) is 81.4 cm³/mol. The molecule has 1 aliphatic rings. The van der Waals surface area contributed by atoms with Crippen molar-refractivity contribution in [2.24, 2.45) is 0 Å². The van der Waals surface area contributed by atoms with E-state index in [9.17, 15) is 4.79 Å². The normalized spacial score (nSPS) is 18.4. The predicted octanol–water partition coefficient (Wildman–Crippen LogP) is 1.23. The van der Waals surface area contributed by atoms with Crippen molar-refractivity contribution < 1.29 is 4.79 Å². The van der Waals surface area contributed by atoms with Crippen LogP contribution >= 0.6 is 0 Å². The van der Waals surface area contributed by atoms with Crippen molar-refractivity contribution in [2.45, 2.75) is 25.2 Å². The number of carbonyl (C=O) groups is 1. The first-order valence-electron chi connectivity index (χ1n) is 7.60. The van der Waals surface area contributed by atoms with Gasteiger partial charge in [-0.1, -0.05) is 0 Å². The molecule has 1 atom stereocenters. The Balaban J connectivity index is 1.72. The Morgan fingerprint density at radius 1 is 1.48 bits per heavy atom. The molecule has 1 aliphatic heterocycles. The first-order chi connectivity index (χ1) is 11.3. The number of amides is 1. The molecule has 3 aromatic rings. The van der Waals surface area contributed by atoms with Gasteiger partial charge in [0.15, 0.2) is 11.3 Å². The van der Waals surface area contributed by atoms with Crippen LogP contribution in [0, 0.1) is 11.3 Å². The molecule has 0 radical (unpaired) electrons. The van der Waals surface area contributed by atoms with Gasteiger partial charge in [-0.05, 0) is 18.9 Å². The number of H-pyrrole nitrogens is 1. The summed E-state index contributed by atoms with van der Waals surface area (Å²) < 4.78 is 2.00. The number of rotatable bonds is 2. The third kappa shape index (κ3) is 2.21. The van der Waals surface area contributed by atoms with E-state index >= 15 is 0 Å². The second kappa shape index (κ2) is 5.35. The first kappa shape index (κ1) is 13.7. The fourth-order valence-electron chi connectivity index (χ4n) is 3.26. The summed E-state index contributed by atoms with van der Waals surface area (Å²) in [6.07, 6.45) is 5.31. The molecule has 0 saturated carbocycles. The minimum atomic E-state index is -0.112. The summed E-state index contributed by atoms with van der Waals surface area (Å²) in [5, 5.41) is 17.3. The number of fused-ring (bicyclic) bond motifs is 3. The van der Waals surface area contributed by atoms with Crippen LogP contribution in [0.15, 0.2) is 18.5 Å². The smallest absolute Gasteiger partial charge is 0.236 e. The van der Waals surface area contributed by atoms with E-state index < -0.39 is 0 Å². The van der Waals surface area contributed by atoms with Gasteiger partial charge in [0.2, 0.25) is 5.91 Å². The van der Waals surface area contributed by atoms with Gasteiger partial charge < -0.3 is 9.88 Å². The number of piperidine rings is 1. The SMILES string of the molecule is N#CCC(=O)N1CCC[C@H](c2nnc3cnc4[nH]ccc4n23)C1. The Kier molecular flexibility index (Phi) is 3.19. The number of nitrogens with one attached hydrogen (secondary N) is 1. The van der Waals surface area contributed by atoms with Gasteiger partial charge in [-0.3, -0.25) is 9.20 Å². The molecule has 0 bridgehead atoms. The number of hydrogen-bond acceptors (Lipinski definition) is 5. The zero-order chi connectivity index (χ0) is 15.8. The van der Waals surface area contributed by atoms with E-state index in [2.05, 4.69) is 20.2 Å². The molecule has 0 aliphatic carbocycles. The number of aromatic amines is 1. The molecule has 0 aromatic carbocycles. The maximum absolute atomic E-state index is 12.0. The molecule has 4 heterocycles. The minimum Gasteiger partial charge on any atom is -0.345 e. The highest BCUT2D eigenvalue weighted by molar-refractivity contribution is 5.78. The number of aromatic nitrogens is 5. The summed E-state index contributed by atoms with van der Waals surface area (Å²) in [6, 6.07) is 3.88. The summed E-state index contributed by atoms with van der Waals surface area (Å²) in [4.78, 5) is 21.2. The largest absolute Gasteiger partial charge is 0.345 e. The Morgan fingerprint density at radius 2 is 2.39 bits per heavy atom. The van der Waals surface area contributed by atoms with Crippen molar-refractivity contribution in [3.63, 3.8) is 0 Å². The van der Waals surface area contributed by atoms with Gasteiger partial charge in [0.05, 0.1) is 17.8 Å². The van der Waals surface area contributed by atoms with Crippen molar-refractivity contribution in [3.05, 3.63) is 24.3 Å². The second-order valence-corrected chi connectivity index (χ2v) is 5.74. The topological polar surface area (TPSA) is 103 Å². The van der Waals surface area contributed by atoms with E-state index in [-0.39, 0.29) is 18.2 Å². The van der Waals surface area contributed by atoms with Gasteiger partial charge in [-0.2, -0.15) is 5.26 Å². The van der Waals surface area contributed by atoms with Crippen LogP contribution in [0.25, 0.3) is 16.8 Å². The number of nitrogens with zero attached hydrogens (tertiary/aromatic N) is 6. The molecule has 0 unspecified atom stereocenters. The van der Waals surface area contributed by atoms with Crippen LogP contribution in [0.3, 0.4) is 0 Å². The molecular formula is C15H15N7O. The quantitative estimate of drug-likeness (QED) is 0.766. The van der Waals surface area contributed by atoms with Crippen LogP contribution in [0.5, 0.6) is 0 Å². The van der Waals surface area contributed by atoms with Gasteiger partial charge in [0.25, 0.3) is 0 Å². The Morgan fingerprint density at radius 3 is 3.26 bits per heavy atom. The fraction of sp³-hybridized carbons (Fsp3) is 0.400. The first-order valence-corrected chi connectivity index (χ1v) is 7.60. The Hall–Kier alpha value is -2.95. The number of nitriles is 1. The molecule has 23 heavy (non-hydrogen) atoms. The molecule has 1 N–H and O–H groups in total. The lowest BCUT2D eigenvalue weighted by molar-refractivity contribution is -0.131. The zero-order valence-electron chi connectivity index (χ0n) is 12.4. The van der Waals surface area contributed by atoms with E-state index in [1.807, 2.05) is 22.7 Å². The fourth-order valence-corrected chi connectivity index (χ4v) is 3.26. The van der Waals surface area contributed by atoms with Gasteiger partial charge >= 0.3 is 0 Å². The number of likely N-dealkylation sites (tertiary alicyclic amines) is 1. The van der Waals surface area contributed by atoms with Gasteiger partial charge in [-0.25, -0.2) is 4.98 Å². The number of hydrogen-bond donors (Lipinski definition) is 1. The van der Waals surface area contributed by atoms with Crippen molar-refractivity contribution in [1.82, 2.24) is 29.5 Å². The van der Waals surface area contributed by atoms with Crippen LogP contribution in [-0.4, -0.2) is 48.5 Å². The molecule has 0 spiro atoms. The minimum absolute atomic E-state index is 0.0702. The van der Waals surface area contributed by atoms with Gasteiger partial charge in [-0.15, -0.1) is 10.2 Å². The molecule has 8 nitrogen and oxygen atoms in total. The molecule has 1 saturated heterocycles. The van der Waals surface area contributed by atoms with E-state index in [4.69, 9.17) is 5.26 Å². The average molecular weight is 309 g/mol. The van der Waals surface area contributed by atoms with Crippen molar-refractivity contribution in [2.75, 3.05) is 13.1 Å². The van der Waals surface area contributed by atoms with Crippen molar-refractivity contribution in [3.8, 4) is 6.07 Å². The molecular weight excluding hydrogens is 294 g/mol. The summed E-state index contributed by atoms with van der Waals surface area (Å²) in [5.41, 5.74) is 2.42. The van der Waals surface area contributed by atoms with Crippen molar-refractivity contribution >= 4 is 22.7 Å². The standard InChI is InChI=1S/C15H15N7O/c16-5-3-13(23)21-7-1-2-10(9-21)15-20-19-12-8-18-14-11(22(12)15)4-6-17-14/h4,6,8,10,17H,1-3,7,9H2/t10-/m0/s1. The van der Waals surface area contributed by atoms with Gasteiger partial charge in [0.1, 0.15) is 12.2 Å². The van der Waals surface area contributed by atoms with Crippen LogP contribution in [0.1, 0.15) is 31.0 Å². The van der Waals surface area contributed by atoms with E-state index in [1.165, 1.54) is 0 Å². The Labute approximate surface area is 131 Å². The molecule has 116 valence electrons. The van der Waals surface area contributed by atoms with Gasteiger partial charge in [0, 0.05) is 25.2 Å². The summed E-state index contributed by atoms with van der Waals surface area (Å²) in [5.74, 6) is 0.850. The van der Waals surface area contributed by atoms with Crippen molar-refractivity contribution in [1.29, 1.82) is 5.26 Å². The third-order valence-corrected chi connectivity index (χ3v) is 4.34. The Bertz CT molecular complexity index is 919. The van der Waals surface area contributed by atoms with Crippen LogP contribution in [-0.2, 0) is 4.79 Å². The highest BCUT2D eigenvalue weighted by Gasteiger charge is 2.28. The summed E-state index contributed by atoms with van der Waals surface area (Å²) >= 11 is 0. The third-order valence-electron chi connectivity index (χ3n) is 4.34. The highest BCUT2D eigenvalue weighted by Crippen LogP contribution is 2.28. The van der Waals surface area contributed by atoms with E-state index in [1.54, 1.807) is 11.1 Å². The van der Waals surface area contributed by atoms with Crippen LogP contribution in [0.2, 0.25) is 0 Å². The maximum atomic E-state index is 12.0. The van der Waals surface area contributed by atoms with E-state index in [0.29, 0.717) is 18.7 Å². The lowest BCUT2D eigenvalue weighted by atomic mass is 9.97. The van der Waals surface area contributed by atoms with Crippen LogP contribution < -0.4 is 0 Å². The molecule has 1 fully saturated rings. The lowest BCUT2D eigenvalue weighted by Gasteiger charge is -2.31. The van der Waals surface area contributed by atoms with E-state index in [0.717, 1.165) is 29.8 Å². The highest BCUT2D eigenvalue weighted by atomic mass is 16.2. The average Bonchev–Trinajstić information content (AvgIpc) is 3.21.